The third-order valence-electron chi connectivity index (χ3n) is 6.60. The molecule has 5 nitrogen and oxygen atoms in total. The molecule has 5 rings (SSSR count). The number of hydrogen-bond acceptors (Lipinski definition) is 5. The minimum absolute atomic E-state index is 0.477. The van der Waals surface area contributed by atoms with Gasteiger partial charge < -0.3 is 20.3 Å². The van der Waals surface area contributed by atoms with Gasteiger partial charge in [0.1, 0.15) is 12.4 Å². The van der Waals surface area contributed by atoms with E-state index < -0.39 is 0 Å². The maximum absolute atomic E-state index is 6.09. The van der Waals surface area contributed by atoms with Gasteiger partial charge in [0.05, 0.1) is 11.7 Å². The first-order chi connectivity index (χ1) is 12.2. The number of piperazine rings is 1. The zero-order valence-corrected chi connectivity index (χ0v) is 15.3. The number of aryl methyl sites for hydroxylation is 1. The zero-order chi connectivity index (χ0) is 17.0. The minimum atomic E-state index is 0.477. The number of hydrogen-bond donors (Lipinski definition) is 1. The van der Waals surface area contributed by atoms with Gasteiger partial charge in [-0.2, -0.15) is 0 Å². The SMILES string of the molecule is Cc1cc(N)cc2c1N1CCN(C3CCN(C4CC4)CC3)C[C@@H]1CO2. The van der Waals surface area contributed by atoms with Crippen molar-refractivity contribution in [1.82, 2.24) is 9.80 Å². The van der Waals surface area contributed by atoms with Crippen LogP contribution in [0.2, 0.25) is 0 Å². The predicted octanol–water partition coefficient (Wildman–Crippen LogP) is 2.09. The summed E-state index contributed by atoms with van der Waals surface area (Å²) in [5.74, 6) is 0.972. The molecule has 2 N–H and O–H groups in total. The Balaban J connectivity index is 1.27. The van der Waals surface area contributed by atoms with Crippen molar-refractivity contribution in [2.75, 3.05) is 50.0 Å². The van der Waals surface area contributed by atoms with E-state index >= 15 is 0 Å². The van der Waals surface area contributed by atoms with Crippen LogP contribution in [0.3, 0.4) is 0 Å². The molecule has 3 fully saturated rings. The molecule has 1 aromatic carbocycles. The first kappa shape index (κ1) is 15.8. The lowest BCUT2D eigenvalue weighted by molar-refractivity contribution is 0.0768. The molecule has 0 spiro atoms. The number of nitrogen functional groups attached to an aromatic ring is 1. The van der Waals surface area contributed by atoms with E-state index in [1.54, 1.807) is 0 Å². The molecule has 0 aromatic heterocycles. The topological polar surface area (TPSA) is 45.0 Å². The average molecular weight is 342 g/mol. The second-order valence-electron chi connectivity index (χ2n) is 8.34. The number of likely N-dealkylation sites (tertiary alicyclic amines) is 1. The van der Waals surface area contributed by atoms with Crippen molar-refractivity contribution >= 4 is 11.4 Å². The highest BCUT2D eigenvalue weighted by Gasteiger charge is 2.38. The molecule has 3 aliphatic heterocycles. The van der Waals surface area contributed by atoms with Crippen molar-refractivity contribution in [2.24, 2.45) is 0 Å². The van der Waals surface area contributed by atoms with Crippen molar-refractivity contribution < 1.29 is 4.74 Å². The molecule has 2 saturated heterocycles. The molecule has 0 radical (unpaired) electrons. The summed E-state index contributed by atoms with van der Waals surface area (Å²) in [6.45, 7) is 8.96. The largest absolute Gasteiger partial charge is 0.489 e. The molecule has 5 heteroatoms. The molecule has 0 amide bonds. The molecule has 136 valence electrons. The zero-order valence-electron chi connectivity index (χ0n) is 15.3. The molecule has 1 aromatic rings. The fourth-order valence-electron chi connectivity index (χ4n) is 5.14. The van der Waals surface area contributed by atoms with Crippen LogP contribution in [-0.4, -0.2) is 67.3 Å². The fourth-order valence-corrected chi connectivity index (χ4v) is 5.14. The second kappa shape index (κ2) is 6.06. The van der Waals surface area contributed by atoms with E-state index in [1.165, 1.54) is 56.6 Å². The Morgan fingerprint density at radius 1 is 0.920 bits per heavy atom. The molecule has 1 saturated carbocycles. The summed E-state index contributed by atoms with van der Waals surface area (Å²) in [5.41, 5.74) is 9.31. The Hall–Kier alpha value is -1.46. The summed E-state index contributed by atoms with van der Waals surface area (Å²) in [7, 11) is 0. The van der Waals surface area contributed by atoms with E-state index in [0.717, 1.165) is 43.2 Å². The second-order valence-corrected chi connectivity index (χ2v) is 8.34. The van der Waals surface area contributed by atoms with Gasteiger partial charge in [-0.25, -0.2) is 0 Å². The van der Waals surface area contributed by atoms with Gasteiger partial charge in [0.2, 0.25) is 0 Å². The number of benzene rings is 1. The number of piperidine rings is 1. The van der Waals surface area contributed by atoms with Crippen LogP contribution in [0.5, 0.6) is 5.75 Å². The van der Waals surface area contributed by atoms with Crippen LogP contribution in [0.25, 0.3) is 0 Å². The molecule has 0 bridgehead atoms. The maximum atomic E-state index is 6.09. The molecule has 1 atom stereocenters. The van der Waals surface area contributed by atoms with Crippen LogP contribution in [0.15, 0.2) is 12.1 Å². The molecular formula is C20H30N4O. The van der Waals surface area contributed by atoms with E-state index in [2.05, 4.69) is 27.7 Å². The monoisotopic (exact) mass is 342 g/mol. The third-order valence-corrected chi connectivity index (χ3v) is 6.60. The molecule has 1 aliphatic carbocycles. The number of rotatable bonds is 2. The number of fused-ring (bicyclic) bond motifs is 3. The van der Waals surface area contributed by atoms with Gasteiger partial charge in [-0.1, -0.05) is 0 Å². The molecule has 4 aliphatic rings. The highest BCUT2D eigenvalue weighted by Crippen LogP contribution is 2.40. The summed E-state index contributed by atoms with van der Waals surface area (Å²) in [4.78, 5) is 8.04. The van der Waals surface area contributed by atoms with Crippen LogP contribution < -0.4 is 15.4 Å². The molecular weight excluding hydrogens is 312 g/mol. The predicted molar refractivity (Wildman–Crippen MR) is 101 cm³/mol. The minimum Gasteiger partial charge on any atom is -0.489 e. The van der Waals surface area contributed by atoms with Crippen molar-refractivity contribution in [2.45, 2.75) is 50.7 Å². The van der Waals surface area contributed by atoms with E-state index in [1.807, 2.05) is 6.07 Å². The average Bonchev–Trinajstić information content (AvgIpc) is 3.46. The van der Waals surface area contributed by atoms with E-state index in [0.29, 0.717) is 6.04 Å². The van der Waals surface area contributed by atoms with Crippen molar-refractivity contribution in [3.63, 3.8) is 0 Å². The van der Waals surface area contributed by atoms with Crippen molar-refractivity contribution in [1.29, 1.82) is 0 Å². The first-order valence-electron chi connectivity index (χ1n) is 9.97. The standard InChI is InChI=1S/C20H30N4O/c1-14-10-15(21)11-19-20(14)24-9-8-23(12-18(24)13-25-19)17-4-6-22(7-5-17)16-2-3-16/h10-11,16-18H,2-9,12-13,21H2,1H3/t18-/m1/s1. The summed E-state index contributed by atoms with van der Waals surface area (Å²) >= 11 is 0. The van der Waals surface area contributed by atoms with Gasteiger partial charge in [0.15, 0.2) is 0 Å². The van der Waals surface area contributed by atoms with Crippen LogP contribution in [-0.2, 0) is 0 Å². The Morgan fingerprint density at radius 2 is 1.68 bits per heavy atom. The Labute approximate surface area is 150 Å². The van der Waals surface area contributed by atoms with E-state index in [-0.39, 0.29) is 0 Å². The van der Waals surface area contributed by atoms with Gasteiger partial charge in [-0.3, -0.25) is 4.90 Å². The Bertz CT molecular complexity index is 651. The van der Waals surface area contributed by atoms with Crippen molar-refractivity contribution in [3.05, 3.63) is 17.7 Å². The van der Waals surface area contributed by atoms with Crippen LogP contribution in [0.1, 0.15) is 31.2 Å². The normalized spacial score (nSPS) is 28.4. The Kier molecular flexibility index (Phi) is 3.82. The number of anilines is 2. The molecule has 0 unspecified atom stereocenters. The smallest absolute Gasteiger partial charge is 0.145 e. The van der Waals surface area contributed by atoms with Gasteiger partial charge in [-0.05, 0) is 57.3 Å². The van der Waals surface area contributed by atoms with Crippen molar-refractivity contribution in [3.8, 4) is 5.75 Å². The highest BCUT2D eigenvalue weighted by atomic mass is 16.5. The van der Waals surface area contributed by atoms with Gasteiger partial charge in [0, 0.05) is 43.5 Å². The molecule has 3 heterocycles. The number of ether oxygens (including phenoxy) is 1. The summed E-state index contributed by atoms with van der Waals surface area (Å²) in [6.07, 6.45) is 5.56. The summed E-state index contributed by atoms with van der Waals surface area (Å²) in [5, 5.41) is 0. The fraction of sp³-hybridized carbons (Fsp3) is 0.700. The van der Waals surface area contributed by atoms with Crippen LogP contribution in [0.4, 0.5) is 11.4 Å². The quantitative estimate of drug-likeness (QED) is 0.834. The highest BCUT2D eigenvalue weighted by molar-refractivity contribution is 5.70. The number of nitrogens with two attached hydrogens (primary N) is 1. The van der Waals surface area contributed by atoms with Crippen LogP contribution in [0, 0.1) is 6.92 Å². The van der Waals surface area contributed by atoms with Gasteiger partial charge in [-0.15, -0.1) is 0 Å². The lowest BCUT2D eigenvalue weighted by atomic mass is 9.99. The summed E-state index contributed by atoms with van der Waals surface area (Å²) in [6, 6.07) is 6.23. The van der Waals surface area contributed by atoms with Gasteiger partial charge in [0.25, 0.3) is 0 Å². The maximum Gasteiger partial charge on any atom is 0.145 e. The molecule has 25 heavy (non-hydrogen) atoms. The lowest BCUT2D eigenvalue weighted by Crippen LogP contribution is -2.60. The van der Waals surface area contributed by atoms with Gasteiger partial charge >= 0.3 is 0 Å². The first-order valence-corrected chi connectivity index (χ1v) is 9.97. The third kappa shape index (κ3) is 2.87. The lowest BCUT2D eigenvalue weighted by Gasteiger charge is -2.49. The van der Waals surface area contributed by atoms with E-state index in [4.69, 9.17) is 10.5 Å². The number of nitrogens with zero attached hydrogens (tertiary/aromatic N) is 3. The van der Waals surface area contributed by atoms with E-state index in [9.17, 15) is 0 Å². The summed E-state index contributed by atoms with van der Waals surface area (Å²) < 4.78 is 6.09. The Morgan fingerprint density at radius 3 is 2.44 bits per heavy atom. The van der Waals surface area contributed by atoms with Crippen LogP contribution >= 0.6 is 0 Å².